The molecule has 0 fully saturated rings. The van der Waals surface area contributed by atoms with Gasteiger partial charge in [-0.15, -0.1) is 0 Å². The number of aromatic nitrogens is 1. The summed E-state index contributed by atoms with van der Waals surface area (Å²) in [6.45, 7) is 6.18. The van der Waals surface area contributed by atoms with Crippen LogP contribution in [-0.4, -0.2) is 18.3 Å². The Morgan fingerprint density at radius 2 is 1.79 bits per heavy atom. The van der Waals surface area contributed by atoms with Crippen LogP contribution >= 0.6 is 0 Å². The van der Waals surface area contributed by atoms with Crippen LogP contribution in [0.4, 0.5) is 5.69 Å². The Morgan fingerprint density at radius 3 is 2.50 bits per heavy atom. The largest absolute Gasteiger partial charge is 0.497 e. The lowest BCUT2D eigenvalue weighted by Gasteiger charge is -2.10. The average Bonchev–Trinajstić information content (AvgIpc) is 2.56. The molecule has 2 aromatic carbocycles. The summed E-state index contributed by atoms with van der Waals surface area (Å²) in [5.41, 5.74) is 9.51. The van der Waals surface area contributed by atoms with E-state index >= 15 is 0 Å². The summed E-state index contributed by atoms with van der Waals surface area (Å²) < 4.78 is 5.16. The third kappa shape index (κ3) is 3.38. The number of fused-ring (bicyclic) bond motifs is 1. The van der Waals surface area contributed by atoms with E-state index in [0.29, 0.717) is 0 Å². The summed E-state index contributed by atoms with van der Waals surface area (Å²) in [7, 11) is 1.66. The molecule has 3 aromatic rings. The van der Waals surface area contributed by atoms with Gasteiger partial charge in [0.2, 0.25) is 0 Å². The molecule has 1 heterocycles. The summed E-state index contributed by atoms with van der Waals surface area (Å²) in [5.74, 6) is 0.835. The fraction of sp³-hybridized carbons (Fsp3) is 0.200. The van der Waals surface area contributed by atoms with Crippen molar-refractivity contribution in [1.82, 2.24) is 4.98 Å². The van der Waals surface area contributed by atoms with Crippen LogP contribution in [0.25, 0.3) is 10.9 Å². The smallest absolute Gasteiger partial charge is 0.118 e. The summed E-state index contributed by atoms with van der Waals surface area (Å²) >= 11 is 0. The standard InChI is InChI=1S/C20H21N3O/c1-13-9-14(2)20-18(10-13)19(11-15(3)22-20)23-21-12-16-5-7-17(24-4)8-6-16/h5-12H,1-4H3,(H,22,23)/b21-12-. The zero-order valence-corrected chi connectivity index (χ0v) is 14.4. The molecule has 1 aromatic heterocycles. The summed E-state index contributed by atoms with van der Waals surface area (Å²) in [4.78, 5) is 4.66. The van der Waals surface area contributed by atoms with Crippen LogP contribution in [0.3, 0.4) is 0 Å². The van der Waals surface area contributed by atoms with E-state index in [1.54, 1.807) is 13.3 Å². The normalized spacial score (nSPS) is 11.2. The second-order valence-corrected chi connectivity index (χ2v) is 5.93. The van der Waals surface area contributed by atoms with Crippen molar-refractivity contribution in [1.29, 1.82) is 0 Å². The first-order valence-corrected chi connectivity index (χ1v) is 7.88. The maximum Gasteiger partial charge on any atom is 0.118 e. The zero-order valence-electron chi connectivity index (χ0n) is 14.4. The number of nitrogens with one attached hydrogen (secondary N) is 1. The summed E-state index contributed by atoms with van der Waals surface area (Å²) in [5, 5.41) is 5.46. The molecule has 0 amide bonds. The number of nitrogens with zero attached hydrogens (tertiary/aromatic N) is 2. The molecule has 1 N–H and O–H groups in total. The molecular formula is C20H21N3O. The van der Waals surface area contributed by atoms with E-state index in [0.717, 1.165) is 33.6 Å². The van der Waals surface area contributed by atoms with Gasteiger partial charge >= 0.3 is 0 Å². The third-order valence-corrected chi connectivity index (χ3v) is 3.89. The van der Waals surface area contributed by atoms with Gasteiger partial charge in [0.25, 0.3) is 0 Å². The molecule has 4 heteroatoms. The lowest BCUT2D eigenvalue weighted by Crippen LogP contribution is -1.96. The predicted molar refractivity (Wildman–Crippen MR) is 100 cm³/mol. The molecule has 3 rings (SSSR count). The molecule has 0 saturated carbocycles. The predicted octanol–water partition coefficient (Wildman–Crippen LogP) is 4.61. The quantitative estimate of drug-likeness (QED) is 0.564. The van der Waals surface area contributed by atoms with Gasteiger partial charge < -0.3 is 4.74 Å². The minimum absolute atomic E-state index is 0.835. The molecule has 4 nitrogen and oxygen atoms in total. The lowest BCUT2D eigenvalue weighted by atomic mass is 10.1. The number of hydrogen-bond acceptors (Lipinski definition) is 4. The van der Waals surface area contributed by atoms with Crippen molar-refractivity contribution in [2.75, 3.05) is 12.5 Å². The van der Waals surface area contributed by atoms with Gasteiger partial charge in [-0.1, -0.05) is 11.6 Å². The minimum Gasteiger partial charge on any atom is -0.497 e. The highest BCUT2D eigenvalue weighted by atomic mass is 16.5. The Hall–Kier alpha value is -2.88. The van der Waals surface area contributed by atoms with Crippen molar-refractivity contribution in [2.45, 2.75) is 20.8 Å². The molecule has 122 valence electrons. The molecule has 0 aliphatic carbocycles. The Balaban J connectivity index is 1.90. The number of hydrogen-bond donors (Lipinski definition) is 1. The fourth-order valence-electron chi connectivity index (χ4n) is 2.77. The van der Waals surface area contributed by atoms with Gasteiger partial charge in [0.15, 0.2) is 0 Å². The monoisotopic (exact) mass is 319 g/mol. The maximum atomic E-state index is 5.16. The maximum absolute atomic E-state index is 5.16. The van der Waals surface area contributed by atoms with E-state index < -0.39 is 0 Å². The second kappa shape index (κ2) is 6.71. The van der Waals surface area contributed by atoms with Crippen LogP contribution < -0.4 is 10.2 Å². The second-order valence-electron chi connectivity index (χ2n) is 5.93. The number of pyridine rings is 1. The van der Waals surface area contributed by atoms with Crippen LogP contribution in [0.2, 0.25) is 0 Å². The van der Waals surface area contributed by atoms with Crippen molar-refractivity contribution in [3.8, 4) is 5.75 Å². The van der Waals surface area contributed by atoms with Crippen molar-refractivity contribution in [3.05, 3.63) is 64.8 Å². The first kappa shape index (κ1) is 16.0. The minimum atomic E-state index is 0.835. The molecule has 0 atom stereocenters. The van der Waals surface area contributed by atoms with Gasteiger partial charge in [0.1, 0.15) is 5.75 Å². The van der Waals surface area contributed by atoms with E-state index in [2.05, 4.69) is 41.5 Å². The molecule has 0 bridgehead atoms. The highest BCUT2D eigenvalue weighted by Gasteiger charge is 2.06. The van der Waals surface area contributed by atoms with Crippen LogP contribution in [0, 0.1) is 20.8 Å². The van der Waals surface area contributed by atoms with Crippen molar-refractivity contribution < 1.29 is 4.74 Å². The highest BCUT2D eigenvalue weighted by molar-refractivity contribution is 5.94. The van der Waals surface area contributed by atoms with Crippen LogP contribution in [0.5, 0.6) is 5.75 Å². The first-order chi connectivity index (χ1) is 11.6. The number of aryl methyl sites for hydroxylation is 3. The van der Waals surface area contributed by atoms with Crippen molar-refractivity contribution in [2.24, 2.45) is 5.10 Å². The van der Waals surface area contributed by atoms with Crippen LogP contribution in [0.1, 0.15) is 22.4 Å². The molecule has 0 aliphatic heterocycles. The number of benzene rings is 2. The third-order valence-electron chi connectivity index (χ3n) is 3.89. The molecular weight excluding hydrogens is 298 g/mol. The Bertz CT molecular complexity index is 899. The zero-order chi connectivity index (χ0) is 17.1. The van der Waals surface area contributed by atoms with E-state index in [4.69, 9.17) is 4.74 Å². The Labute approximate surface area is 142 Å². The molecule has 0 saturated heterocycles. The molecule has 0 spiro atoms. The Kier molecular flexibility index (Phi) is 4.47. The topological polar surface area (TPSA) is 46.5 Å². The lowest BCUT2D eigenvalue weighted by molar-refractivity contribution is 0.415. The van der Waals surface area contributed by atoms with Gasteiger partial charge in [-0.05, 0) is 68.3 Å². The average molecular weight is 319 g/mol. The Morgan fingerprint density at radius 1 is 1.04 bits per heavy atom. The van der Waals surface area contributed by atoms with E-state index in [1.165, 1.54) is 11.1 Å². The molecule has 0 unspecified atom stereocenters. The van der Waals surface area contributed by atoms with Crippen molar-refractivity contribution >= 4 is 22.8 Å². The van der Waals surface area contributed by atoms with Gasteiger partial charge in [-0.2, -0.15) is 5.10 Å². The number of hydrazone groups is 1. The van der Waals surface area contributed by atoms with E-state index in [-0.39, 0.29) is 0 Å². The van der Waals surface area contributed by atoms with Crippen LogP contribution in [-0.2, 0) is 0 Å². The SMILES string of the molecule is COc1ccc(/C=N\Nc2cc(C)nc3c(C)cc(C)cc23)cc1. The first-order valence-electron chi connectivity index (χ1n) is 7.88. The van der Waals surface area contributed by atoms with Crippen molar-refractivity contribution in [3.63, 3.8) is 0 Å². The van der Waals surface area contributed by atoms with Crippen LogP contribution in [0.15, 0.2) is 47.6 Å². The van der Waals surface area contributed by atoms with E-state index in [9.17, 15) is 0 Å². The van der Waals surface area contributed by atoms with Gasteiger partial charge in [0.05, 0.1) is 24.5 Å². The van der Waals surface area contributed by atoms with Gasteiger partial charge in [-0.25, -0.2) is 0 Å². The number of anilines is 1. The fourth-order valence-corrected chi connectivity index (χ4v) is 2.77. The van der Waals surface area contributed by atoms with E-state index in [1.807, 2.05) is 37.3 Å². The molecule has 0 aliphatic rings. The van der Waals surface area contributed by atoms with Gasteiger partial charge in [-0.3, -0.25) is 10.4 Å². The summed E-state index contributed by atoms with van der Waals surface area (Å²) in [6.07, 6.45) is 1.80. The molecule has 24 heavy (non-hydrogen) atoms. The molecule has 0 radical (unpaired) electrons. The summed E-state index contributed by atoms with van der Waals surface area (Å²) in [6, 6.07) is 14.1. The number of methoxy groups -OCH3 is 1. The number of ether oxygens (including phenoxy) is 1. The van der Waals surface area contributed by atoms with Gasteiger partial charge in [0, 0.05) is 11.1 Å². The highest BCUT2D eigenvalue weighted by Crippen LogP contribution is 2.27. The number of rotatable bonds is 4.